The van der Waals surface area contributed by atoms with Crippen LogP contribution < -0.4 is 19.1 Å². The first kappa shape index (κ1) is 16.7. The van der Waals surface area contributed by atoms with Crippen molar-refractivity contribution in [2.45, 2.75) is 25.8 Å². The molecule has 1 aromatic carbocycles. The number of hydrogen-bond donors (Lipinski definition) is 0. The number of carbonyl (C=O) groups is 1. The number of fused-ring (bicyclic) bond motifs is 1. The van der Waals surface area contributed by atoms with Crippen LogP contribution in [-0.4, -0.2) is 37.3 Å². The van der Waals surface area contributed by atoms with Crippen molar-refractivity contribution in [2.24, 2.45) is 5.92 Å². The minimum Gasteiger partial charge on any atom is -0.497 e. The van der Waals surface area contributed by atoms with Crippen molar-refractivity contribution in [1.82, 2.24) is 4.98 Å². The first-order chi connectivity index (χ1) is 12.7. The molecule has 26 heavy (non-hydrogen) atoms. The molecule has 6 heteroatoms. The van der Waals surface area contributed by atoms with E-state index in [1.54, 1.807) is 19.4 Å². The van der Waals surface area contributed by atoms with Crippen LogP contribution in [0.4, 0.5) is 5.69 Å². The second kappa shape index (κ2) is 6.86. The molecule has 136 valence electrons. The third-order valence-electron chi connectivity index (χ3n) is 4.93. The van der Waals surface area contributed by atoms with Gasteiger partial charge in [-0.15, -0.1) is 0 Å². The van der Waals surface area contributed by atoms with E-state index in [1.165, 1.54) is 0 Å². The van der Waals surface area contributed by atoms with E-state index in [4.69, 9.17) is 14.2 Å². The lowest BCUT2D eigenvalue weighted by Crippen LogP contribution is -2.40. The Kier molecular flexibility index (Phi) is 4.41. The smallest absolute Gasteiger partial charge is 0.277 e. The Morgan fingerprint density at radius 1 is 1.19 bits per heavy atom. The van der Waals surface area contributed by atoms with Crippen molar-refractivity contribution in [3.8, 4) is 17.2 Å². The predicted octanol–water partition coefficient (Wildman–Crippen LogP) is 3.31. The molecule has 1 unspecified atom stereocenters. The molecule has 2 aliphatic rings. The number of pyridine rings is 1. The minimum atomic E-state index is -0.133. The third kappa shape index (κ3) is 3.19. The largest absolute Gasteiger partial charge is 0.497 e. The summed E-state index contributed by atoms with van der Waals surface area (Å²) in [6.45, 7) is 3.07. The van der Waals surface area contributed by atoms with E-state index in [1.807, 2.05) is 29.2 Å². The lowest BCUT2D eigenvalue weighted by atomic mass is 10.1. The van der Waals surface area contributed by atoms with Gasteiger partial charge in [-0.1, -0.05) is 0 Å². The van der Waals surface area contributed by atoms with Gasteiger partial charge in [-0.05, 0) is 49.9 Å². The highest BCUT2D eigenvalue weighted by molar-refractivity contribution is 6.05. The number of aromatic nitrogens is 1. The highest BCUT2D eigenvalue weighted by atomic mass is 16.6. The van der Waals surface area contributed by atoms with E-state index in [-0.39, 0.29) is 11.9 Å². The monoisotopic (exact) mass is 354 g/mol. The Morgan fingerprint density at radius 2 is 1.88 bits per heavy atom. The Balaban J connectivity index is 1.67. The maximum Gasteiger partial charge on any atom is 0.277 e. The third-order valence-corrected chi connectivity index (χ3v) is 4.93. The van der Waals surface area contributed by atoms with Gasteiger partial charge in [-0.25, -0.2) is 4.98 Å². The zero-order chi connectivity index (χ0) is 18.1. The highest BCUT2D eigenvalue weighted by Crippen LogP contribution is 2.38. The van der Waals surface area contributed by atoms with Crippen molar-refractivity contribution in [1.29, 1.82) is 0 Å². The lowest BCUT2D eigenvalue weighted by molar-refractivity contribution is 0.0969. The van der Waals surface area contributed by atoms with E-state index < -0.39 is 0 Å². The molecular weight excluding hydrogens is 332 g/mol. The van der Waals surface area contributed by atoms with Crippen LogP contribution >= 0.6 is 0 Å². The van der Waals surface area contributed by atoms with Gasteiger partial charge in [0.2, 0.25) is 0 Å². The zero-order valence-corrected chi connectivity index (χ0v) is 15.0. The fraction of sp³-hybridized carbons (Fsp3) is 0.400. The Labute approximate surface area is 152 Å². The number of anilines is 1. The summed E-state index contributed by atoms with van der Waals surface area (Å²) in [7, 11) is 1.63. The van der Waals surface area contributed by atoms with Gasteiger partial charge in [0.25, 0.3) is 5.91 Å². The quantitative estimate of drug-likeness (QED) is 0.824. The number of carbonyl (C=O) groups excluding carboxylic acids is 1. The van der Waals surface area contributed by atoms with Crippen LogP contribution in [0, 0.1) is 5.92 Å². The van der Waals surface area contributed by atoms with Crippen molar-refractivity contribution in [2.75, 3.05) is 25.2 Å². The molecule has 0 spiro atoms. The molecule has 4 rings (SSSR count). The molecule has 1 saturated carbocycles. The molecule has 1 aromatic heterocycles. The van der Waals surface area contributed by atoms with Crippen LogP contribution in [0.25, 0.3) is 0 Å². The molecule has 0 N–H and O–H groups in total. The summed E-state index contributed by atoms with van der Waals surface area (Å²) in [5.41, 5.74) is 1.20. The number of methoxy groups -OCH3 is 1. The molecular formula is C20H22N2O4. The maximum atomic E-state index is 13.3. The molecule has 2 heterocycles. The topological polar surface area (TPSA) is 60.9 Å². The van der Waals surface area contributed by atoms with Gasteiger partial charge < -0.3 is 19.1 Å². The van der Waals surface area contributed by atoms with E-state index in [0.29, 0.717) is 36.3 Å². The molecule has 1 aliphatic carbocycles. The zero-order valence-electron chi connectivity index (χ0n) is 15.0. The van der Waals surface area contributed by atoms with Crippen LogP contribution in [0.2, 0.25) is 0 Å². The van der Waals surface area contributed by atoms with Crippen molar-refractivity contribution in [3.05, 3.63) is 42.2 Å². The SMILES string of the molecule is COc1ccc(N(C(=O)c2cc3c(cn2)OCCO3)C(C)C2CC2)cc1. The molecule has 0 bridgehead atoms. The number of amides is 1. The first-order valence-corrected chi connectivity index (χ1v) is 8.90. The van der Waals surface area contributed by atoms with Gasteiger partial charge >= 0.3 is 0 Å². The molecule has 0 saturated heterocycles. The average Bonchev–Trinajstić information content (AvgIpc) is 3.53. The molecule has 1 amide bonds. The normalized spacial score (nSPS) is 16.7. The van der Waals surface area contributed by atoms with Gasteiger partial charge in [-0.2, -0.15) is 0 Å². The summed E-state index contributed by atoms with van der Waals surface area (Å²) in [6, 6.07) is 9.33. The second-order valence-electron chi connectivity index (χ2n) is 6.66. The first-order valence-electron chi connectivity index (χ1n) is 8.90. The van der Waals surface area contributed by atoms with E-state index >= 15 is 0 Å². The van der Waals surface area contributed by atoms with E-state index in [0.717, 1.165) is 24.3 Å². The van der Waals surface area contributed by atoms with Crippen molar-refractivity contribution >= 4 is 11.6 Å². The fourth-order valence-electron chi connectivity index (χ4n) is 3.26. The van der Waals surface area contributed by atoms with Crippen molar-refractivity contribution in [3.63, 3.8) is 0 Å². The number of rotatable bonds is 5. The van der Waals surface area contributed by atoms with Crippen LogP contribution in [0.1, 0.15) is 30.3 Å². The van der Waals surface area contributed by atoms with Gasteiger partial charge in [0.15, 0.2) is 11.5 Å². The molecule has 2 aromatic rings. The standard InChI is InChI=1S/C20H22N2O4/c1-13(14-3-4-14)22(15-5-7-16(24-2)8-6-15)20(23)17-11-18-19(12-21-17)26-10-9-25-18/h5-8,11-14H,3-4,9-10H2,1-2H3. The summed E-state index contributed by atoms with van der Waals surface area (Å²) in [4.78, 5) is 19.4. The molecule has 0 radical (unpaired) electrons. The van der Waals surface area contributed by atoms with Crippen LogP contribution in [0.15, 0.2) is 36.5 Å². The van der Waals surface area contributed by atoms with E-state index in [2.05, 4.69) is 11.9 Å². The summed E-state index contributed by atoms with van der Waals surface area (Å²) < 4.78 is 16.3. The lowest BCUT2D eigenvalue weighted by Gasteiger charge is -2.30. The summed E-state index contributed by atoms with van der Waals surface area (Å²) in [5.74, 6) is 2.31. The van der Waals surface area contributed by atoms with Gasteiger partial charge in [0.1, 0.15) is 24.7 Å². The van der Waals surface area contributed by atoms with Crippen LogP contribution in [0.5, 0.6) is 17.2 Å². The number of nitrogens with zero attached hydrogens (tertiary/aromatic N) is 2. The van der Waals surface area contributed by atoms with Gasteiger partial charge in [-0.3, -0.25) is 4.79 Å². The summed E-state index contributed by atoms with van der Waals surface area (Å²) >= 11 is 0. The minimum absolute atomic E-state index is 0.103. The number of ether oxygens (including phenoxy) is 3. The van der Waals surface area contributed by atoms with Gasteiger partial charge in [0.05, 0.1) is 13.3 Å². The highest BCUT2D eigenvalue weighted by Gasteiger charge is 2.36. The Bertz CT molecular complexity index is 802. The average molecular weight is 354 g/mol. The molecule has 1 atom stereocenters. The van der Waals surface area contributed by atoms with Crippen LogP contribution in [-0.2, 0) is 0 Å². The summed E-state index contributed by atoms with van der Waals surface area (Å²) in [5, 5.41) is 0. The molecule has 1 fully saturated rings. The maximum absolute atomic E-state index is 13.3. The second-order valence-corrected chi connectivity index (χ2v) is 6.66. The fourth-order valence-corrected chi connectivity index (χ4v) is 3.26. The summed E-state index contributed by atoms with van der Waals surface area (Å²) in [6.07, 6.45) is 3.86. The van der Waals surface area contributed by atoms with Gasteiger partial charge in [0, 0.05) is 17.8 Å². The number of hydrogen-bond acceptors (Lipinski definition) is 5. The predicted molar refractivity (Wildman–Crippen MR) is 97.2 cm³/mol. The number of benzene rings is 1. The molecule has 1 aliphatic heterocycles. The Morgan fingerprint density at radius 3 is 2.54 bits per heavy atom. The Hall–Kier alpha value is -2.76. The van der Waals surface area contributed by atoms with Crippen molar-refractivity contribution < 1.29 is 19.0 Å². The molecule has 6 nitrogen and oxygen atoms in total. The van der Waals surface area contributed by atoms with Crippen LogP contribution in [0.3, 0.4) is 0 Å². The van der Waals surface area contributed by atoms with E-state index in [9.17, 15) is 4.79 Å².